The monoisotopic (exact) mass is 1110 g/mol. The Kier molecular flexibility index (Phi) is 15.0. The Balaban J connectivity index is 1.19. The van der Waals surface area contributed by atoms with E-state index in [1.165, 1.54) is 16.2 Å². The van der Waals surface area contributed by atoms with E-state index in [1.807, 2.05) is 44.7 Å². The number of pyridine rings is 1. The summed E-state index contributed by atoms with van der Waals surface area (Å²) in [6.07, 6.45) is 5.72. The van der Waals surface area contributed by atoms with Crippen LogP contribution < -0.4 is 26.6 Å². The van der Waals surface area contributed by atoms with E-state index in [2.05, 4.69) is 61.6 Å². The number of fused-ring (bicyclic) bond motifs is 6. The Labute approximate surface area is 430 Å². The fourth-order valence-corrected chi connectivity index (χ4v) is 15.8. The predicted molar refractivity (Wildman–Crippen MR) is 271 cm³/mol. The van der Waals surface area contributed by atoms with Crippen molar-refractivity contribution in [3.8, 4) is 22.5 Å². The van der Waals surface area contributed by atoms with Crippen LogP contribution in [0.5, 0.6) is 0 Å². The van der Waals surface area contributed by atoms with Crippen molar-refractivity contribution in [3.05, 3.63) is 70.3 Å². The van der Waals surface area contributed by atoms with Crippen molar-refractivity contribution >= 4 is 63.6 Å². The molecule has 0 radical (unpaired) electrons. The number of nitrogens with zero attached hydrogens (tertiary/aromatic N) is 7. The second-order valence-electron chi connectivity index (χ2n) is 20.6. The molecule has 3 saturated heterocycles. The van der Waals surface area contributed by atoms with Gasteiger partial charge in [0, 0.05) is 13.3 Å². The molecule has 18 heteroatoms. The molecule has 4 aliphatic heterocycles. The molecular weight excluding hydrogens is 1040 g/mol. The van der Waals surface area contributed by atoms with Gasteiger partial charge in [0.15, 0.2) is 4.93 Å². The summed E-state index contributed by atoms with van der Waals surface area (Å²) < 4.78 is 14.6. The number of amides is 4. The molecular formula is C52H68IN8O7S2-. The van der Waals surface area contributed by atoms with Gasteiger partial charge in [0.1, 0.15) is 0 Å². The van der Waals surface area contributed by atoms with Gasteiger partial charge in [-0.05, 0) is 32.2 Å². The van der Waals surface area contributed by atoms with Crippen molar-refractivity contribution in [1.82, 2.24) is 39.7 Å². The van der Waals surface area contributed by atoms with Gasteiger partial charge in [-0.1, -0.05) is 0 Å². The Morgan fingerprint density at radius 1 is 1.16 bits per heavy atom. The van der Waals surface area contributed by atoms with Crippen molar-refractivity contribution < 1.29 is 54.7 Å². The molecule has 3 aromatic heterocycles. The molecule has 2 unspecified atom stereocenters. The van der Waals surface area contributed by atoms with Crippen LogP contribution in [0.15, 0.2) is 54.1 Å². The van der Waals surface area contributed by atoms with E-state index in [0.29, 0.717) is 55.4 Å². The fourth-order valence-electron chi connectivity index (χ4n) is 10.5. The van der Waals surface area contributed by atoms with Crippen LogP contribution in [-0.4, -0.2) is 144 Å². The number of carbonyl (C=O) groups excluding carboxylic acids is 5. The van der Waals surface area contributed by atoms with Gasteiger partial charge < -0.3 is 4.74 Å². The number of benzene rings is 1. The molecule has 15 nitrogen and oxygen atoms in total. The Morgan fingerprint density at radius 2 is 1.90 bits per heavy atom. The van der Waals surface area contributed by atoms with Crippen LogP contribution in [0.4, 0.5) is 4.79 Å². The van der Waals surface area contributed by atoms with Crippen molar-refractivity contribution in [2.45, 2.75) is 108 Å². The molecule has 7 heterocycles. The van der Waals surface area contributed by atoms with Crippen molar-refractivity contribution in [1.29, 1.82) is 0 Å². The van der Waals surface area contributed by atoms with Gasteiger partial charge in [-0.15, -0.1) is 11.8 Å². The Hall–Kier alpha value is -4.37. The summed E-state index contributed by atoms with van der Waals surface area (Å²) in [6, 6.07) is 8.49. The topological polar surface area (TPSA) is 160 Å². The molecule has 4 aliphatic rings. The number of cyclic esters (lactones) is 1. The number of hydrogen-bond donors (Lipinski definition) is 1. The third-order valence-electron chi connectivity index (χ3n) is 14.7. The van der Waals surface area contributed by atoms with Crippen LogP contribution in [0.1, 0.15) is 77.6 Å². The van der Waals surface area contributed by atoms with E-state index in [9.17, 15) is 14.4 Å². The number of urea groups is 1. The molecule has 70 heavy (non-hydrogen) atoms. The number of ether oxygens (including phenoxy) is 2. The number of carbonyl (C=O) groups is 5. The van der Waals surface area contributed by atoms with Crippen LogP contribution in [0.3, 0.4) is 0 Å². The summed E-state index contributed by atoms with van der Waals surface area (Å²) >= 11 is 2.28. The number of hydrazine groups is 1. The number of alkyl halides is 2. The number of aryl methyl sites for hydroxylation is 1. The van der Waals surface area contributed by atoms with E-state index >= 15 is 9.59 Å². The zero-order valence-corrected chi connectivity index (χ0v) is 46.2. The van der Waals surface area contributed by atoms with Gasteiger partial charge in [0.05, 0.1) is 5.69 Å². The van der Waals surface area contributed by atoms with Gasteiger partial charge in [-0.2, -0.15) is 0 Å². The zero-order chi connectivity index (χ0) is 50.6. The molecule has 8 rings (SSSR count). The number of likely N-dealkylation sites (tertiary alicyclic amines) is 1. The van der Waals surface area contributed by atoms with E-state index < -0.39 is 58.9 Å². The number of hydrogen-bond acceptors (Lipinski definition) is 12. The summed E-state index contributed by atoms with van der Waals surface area (Å²) in [5.74, 6) is -1.16. The number of thioether (sulfide) groups is 1. The number of ketones is 1. The third kappa shape index (κ3) is 9.44. The molecule has 4 amide bonds. The number of methoxy groups -OCH3 is 1. The first kappa shape index (κ1) is 52.0. The second kappa shape index (κ2) is 20.3. The van der Waals surface area contributed by atoms with Crippen LogP contribution >= 0.6 is 23.1 Å². The molecule has 4 aromatic rings. The number of nitrogens with one attached hydrogen (secondary N) is 1. The quantitative estimate of drug-likeness (QED) is 0.0761. The SMILES string of the molecule is C=C(C)C(=O)N1CC(N(C)C(=O)N(C)[C@H](C(=O)C2[I-]CC23Cc2nc(cs2)-c2ccc4c(c2)c(c(-c2cccnc2[C@](C)(OC)SC)n4CC)CC(C)(C)COC(=O)[C@@H]2CCCN(N2)C3=O)C(C)C)C1. The van der Waals surface area contributed by atoms with E-state index in [4.69, 9.17) is 19.4 Å². The number of rotatable bonds is 11. The standard InChI is InChI=1S/C52H68IN8O7S2/c1-13-60-39-19-18-32-22-35(39)36(42(60)34-16-14-20-54-45(34)51(8,67-11)69-12)23-50(6,7)29-68-47(64)37-17-15-21-61(56-37)48(65)52(24-40-55-38(32)27-70-40)28-53-44(52)43(62)41(30(2)3)58(10)49(66)57(9)33-25-59(26-33)46(63)31(4)5/h14,16,18-20,22,27,30,33,37,41,44,56H,4,13,15,17,21,23-26,28-29H2,1-3,5-12H3/q-1/t37-,41-,44?,51+,52?/m0/s1. The summed E-state index contributed by atoms with van der Waals surface area (Å²) in [6.45, 7) is 19.7. The van der Waals surface area contributed by atoms with Crippen molar-refractivity contribution in [2.24, 2.45) is 16.7 Å². The van der Waals surface area contributed by atoms with E-state index in [-0.39, 0.29) is 48.6 Å². The molecule has 0 aliphatic carbocycles. The number of Topliss-reactive ketones (excluding diaryl/α,β-unsaturated/α-hetero) is 1. The van der Waals surface area contributed by atoms with Gasteiger partial charge in [0.2, 0.25) is 0 Å². The first-order valence-corrected chi connectivity index (χ1v) is 29.0. The molecule has 0 saturated carbocycles. The predicted octanol–water partition coefficient (Wildman–Crippen LogP) is 4.01. The third-order valence-corrected chi connectivity index (χ3v) is 21.2. The van der Waals surface area contributed by atoms with Crippen molar-refractivity contribution in [3.63, 3.8) is 0 Å². The maximum absolute atomic E-state index is 15.3. The first-order valence-electron chi connectivity index (χ1n) is 24.2. The van der Waals surface area contributed by atoms with Gasteiger partial charge in [0.25, 0.3) is 0 Å². The minimum atomic E-state index is -1.13. The number of aromatic nitrogens is 3. The second-order valence-corrected chi connectivity index (χ2v) is 25.7. The first-order chi connectivity index (χ1) is 33.2. The van der Waals surface area contributed by atoms with Gasteiger partial charge >= 0.3 is 356 Å². The Bertz CT molecular complexity index is 2710. The molecule has 5 atom stereocenters. The molecule has 378 valence electrons. The summed E-state index contributed by atoms with van der Waals surface area (Å²) in [4.78, 5) is 85.7. The van der Waals surface area contributed by atoms with Crippen LogP contribution in [0.25, 0.3) is 33.4 Å². The van der Waals surface area contributed by atoms with Crippen LogP contribution in [-0.2, 0) is 53.0 Å². The van der Waals surface area contributed by atoms with Crippen molar-refractivity contribution in [2.75, 3.05) is 58.1 Å². The van der Waals surface area contributed by atoms with Gasteiger partial charge in [-0.25, -0.2) is 0 Å². The average molecular weight is 1110 g/mol. The van der Waals surface area contributed by atoms with E-state index in [1.54, 1.807) is 54.7 Å². The number of halogens is 1. The number of thiazole rings is 1. The van der Waals surface area contributed by atoms with E-state index in [0.717, 1.165) is 49.7 Å². The average Bonchev–Trinajstić information content (AvgIpc) is 3.91. The molecule has 1 spiro atoms. The van der Waals surface area contributed by atoms with Crippen LogP contribution in [0.2, 0.25) is 0 Å². The van der Waals surface area contributed by atoms with Crippen LogP contribution in [0, 0.1) is 16.7 Å². The van der Waals surface area contributed by atoms with Gasteiger partial charge in [-0.3, -0.25) is 4.98 Å². The molecule has 6 bridgehead atoms. The summed E-state index contributed by atoms with van der Waals surface area (Å²) in [7, 11) is 5.09. The summed E-state index contributed by atoms with van der Waals surface area (Å²) in [5.41, 5.74) is 8.79. The molecule has 1 N–H and O–H groups in total. The maximum atomic E-state index is 15.3. The molecule has 1 aromatic carbocycles. The normalized spacial score (nSPS) is 23.1. The Morgan fingerprint density at radius 3 is 2.54 bits per heavy atom. The summed E-state index contributed by atoms with van der Waals surface area (Å²) in [5, 5.41) is 5.42. The number of likely N-dealkylation sites (N-methyl/N-ethyl adjacent to an activating group) is 2. The zero-order valence-electron chi connectivity index (χ0n) is 42.4. The number of esters is 1. The minimum absolute atomic E-state index is 0.122. The molecule has 3 fully saturated rings. The fraction of sp³-hybridized carbons (Fsp3) is 0.558.